The topological polar surface area (TPSA) is 84.9 Å². The number of anilines is 2. The molecular weight excluding hydrogens is 392 g/mol. The van der Waals surface area contributed by atoms with Gasteiger partial charge in [-0.1, -0.05) is 17.7 Å². The summed E-state index contributed by atoms with van der Waals surface area (Å²) in [6.45, 7) is 2.41. The maximum absolute atomic E-state index is 12.7. The van der Waals surface area contributed by atoms with E-state index in [1.807, 2.05) is 0 Å². The number of nitrogens with one attached hydrogen (secondary N) is 1. The molecule has 27 heavy (non-hydrogen) atoms. The number of hydrogen-bond acceptors (Lipinski definition) is 5. The molecule has 0 radical (unpaired) electrons. The summed E-state index contributed by atoms with van der Waals surface area (Å²) in [5.74, 6) is 0.641. The number of carbonyl (C=O) groups is 1. The summed E-state index contributed by atoms with van der Waals surface area (Å²) in [5.41, 5.74) is 0.797. The first-order chi connectivity index (χ1) is 12.8. The molecule has 0 spiro atoms. The zero-order valence-corrected chi connectivity index (χ0v) is 16.4. The monoisotopic (exact) mass is 410 g/mol. The Bertz CT molecular complexity index is 964. The van der Waals surface area contributed by atoms with Crippen molar-refractivity contribution in [3.05, 3.63) is 47.5 Å². The highest BCUT2D eigenvalue weighted by Gasteiger charge is 2.29. The van der Waals surface area contributed by atoms with Gasteiger partial charge in [0.15, 0.2) is 11.5 Å². The summed E-state index contributed by atoms with van der Waals surface area (Å²) in [6, 6.07) is 10.3. The van der Waals surface area contributed by atoms with Crippen LogP contribution in [0.4, 0.5) is 11.4 Å². The number of carbonyl (C=O) groups excluding carboxylic acids is 1. The SMILES string of the molecule is C[C@H](C(=O)Nc1ccc2c(c1)OCCO2)N(c1cccc(Cl)c1)S(C)(=O)=O. The highest BCUT2D eigenvalue weighted by atomic mass is 35.5. The minimum absolute atomic E-state index is 0.315. The number of nitrogens with zero attached hydrogens (tertiary/aromatic N) is 1. The van der Waals surface area contributed by atoms with Crippen LogP contribution in [0.25, 0.3) is 0 Å². The van der Waals surface area contributed by atoms with Crippen LogP contribution in [0.2, 0.25) is 5.02 Å². The number of amides is 1. The van der Waals surface area contributed by atoms with Gasteiger partial charge in [0.25, 0.3) is 0 Å². The Morgan fingerprint density at radius 1 is 1.15 bits per heavy atom. The fourth-order valence-corrected chi connectivity index (χ4v) is 4.14. The number of hydrogen-bond donors (Lipinski definition) is 1. The largest absolute Gasteiger partial charge is 0.486 e. The van der Waals surface area contributed by atoms with Gasteiger partial charge >= 0.3 is 0 Å². The van der Waals surface area contributed by atoms with E-state index in [0.717, 1.165) is 10.6 Å². The Balaban J connectivity index is 1.84. The molecule has 1 heterocycles. The van der Waals surface area contributed by atoms with E-state index in [0.29, 0.717) is 41.1 Å². The Morgan fingerprint density at radius 3 is 2.52 bits per heavy atom. The highest BCUT2D eigenvalue weighted by Crippen LogP contribution is 2.33. The van der Waals surface area contributed by atoms with Crippen LogP contribution in [0.15, 0.2) is 42.5 Å². The zero-order valence-electron chi connectivity index (χ0n) is 14.8. The van der Waals surface area contributed by atoms with Crippen LogP contribution < -0.4 is 19.1 Å². The first-order valence-corrected chi connectivity index (χ1v) is 10.4. The lowest BCUT2D eigenvalue weighted by Crippen LogP contribution is -2.45. The van der Waals surface area contributed by atoms with Crippen molar-refractivity contribution in [2.75, 3.05) is 29.1 Å². The lowest BCUT2D eigenvalue weighted by molar-refractivity contribution is -0.116. The predicted molar refractivity (Wildman–Crippen MR) is 104 cm³/mol. The Hall–Kier alpha value is -2.45. The summed E-state index contributed by atoms with van der Waals surface area (Å²) in [6.07, 6.45) is 1.04. The zero-order chi connectivity index (χ0) is 19.6. The van der Waals surface area contributed by atoms with Gasteiger partial charge in [0, 0.05) is 16.8 Å². The van der Waals surface area contributed by atoms with Crippen molar-refractivity contribution in [3.63, 3.8) is 0 Å². The van der Waals surface area contributed by atoms with E-state index in [1.165, 1.54) is 13.0 Å². The summed E-state index contributed by atoms with van der Waals surface area (Å²) in [7, 11) is -3.72. The van der Waals surface area contributed by atoms with Gasteiger partial charge in [-0.15, -0.1) is 0 Å². The number of rotatable bonds is 5. The van der Waals surface area contributed by atoms with Crippen molar-refractivity contribution in [1.82, 2.24) is 0 Å². The molecule has 0 aliphatic carbocycles. The quantitative estimate of drug-likeness (QED) is 0.819. The summed E-state index contributed by atoms with van der Waals surface area (Å²) in [4.78, 5) is 12.7. The van der Waals surface area contributed by atoms with E-state index in [1.54, 1.807) is 36.4 Å². The third-order valence-electron chi connectivity index (χ3n) is 3.96. The van der Waals surface area contributed by atoms with Crippen molar-refractivity contribution in [2.45, 2.75) is 13.0 Å². The molecule has 1 aliphatic rings. The Labute approximate surface area is 162 Å². The second-order valence-corrected chi connectivity index (χ2v) is 8.36. The fraction of sp³-hybridized carbons (Fsp3) is 0.278. The van der Waals surface area contributed by atoms with Gasteiger partial charge in [0.1, 0.15) is 19.3 Å². The third kappa shape index (κ3) is 4.45. The van der Waals surface area contributed by atoms with Crippen LogP contribution in [0.5, 0.6) is 11.5 Å². The van der Waals surface area contributed by atoms with E-state index in [2.05, 4.69) is 5.32 Å². The molecule has 2 aromatic rings. The summed E-state index contributed by atoms with van der Waals surface area (Å²) < 4.78 is 36.6. The molecule has 9 heteroatoms. The van der Waals surface area contributed by atoms with Gasteiger partial charge in [-0.25, -0.2) is 8.42 Å². The van der Waals surface area contributed by atoms with E-state index >= 15 is 0 Å². The molecule has 1 N–H and O–H groups in total. The van der Waals surface area contributed by atoms with Crippen molar-refractivity contribution in [3.8, 4) is 11.5 Å². The van der Waals surface area contributed by atoms with Gasteiger partial charge in [-0.2, -0.15) is 0 Å². The van der Waals surface area contributed by atoms with Crippen LogP contribution in [-0.2, 0) is 14.8 Å². The molecular formula is C18H19ClN2O5S. The minimum atomic E-state index is -3.72. The summed E-state index contributed by atoms with van der Waals surface area (Å²) in [5, 5.41) is 3.09. The molecule has 1 aliphatic heterocycles. The molecule has 144 valence electrons. The average Bonchev–Trinajstić information content (AvgIpc) is 2.60. The van der Waals surface area contributed by atoms with Crippen LogP contribution >= 0.6 is 11.6 Å². The van der Waals surface area contributed by atoms with E-state index < -0.39 is 22.0 Å². The van der Waals surface area contributed by atoms with E-state index in [-0.39, 0.29) is 0 Å². The van der Waals surface area contributed by atoms with E-state index in [4.69, 9.17) is 21.1 Å². The average molecular weight is 411 g/mol. The molecule has 0 bridgehead atoms. The fourth-order valence-electron chi connectivity index (χ4n) is 2.79. The normalized spacial score (nSPS) is 14.3. The molecule has 0 saturated heterocycles. The first-order valence-electron chi connectivity index (χ1n) is 8.21. The van der Waals surface area contributed by atoms with Gasteiger partial charge in [-0.3, -0.25) is 9.10 Å². The van der Waals surface area contributed by atoms with Gasteiger partial charge in [0.2, 0.25) is 15.9 Å². The van der Waals surface area contributed by atoms with Crippen LogP contribution in [0, 0.1) is 0 Å². The molecule has 0 aromatic heterocycles. The first kappa shape index (κ1) is 19.3. The standard InChI is InChI=1S/C18H19ClN2O5S/c1-12(21(27(2,23)24)15-5-3-4-13(19)10-15)18(22)20-14-6-7-16-17(11-14)26-9-8-25-16/h3-7,10-12H,8-9H2,1-2H3,(H,20,22)/t12-/m1/s1. The van der Waals surface area contributed by atoms with Crippen molar-refractivity contribution in [2.24, 2.45) is 0 Å². The molecule has 0 unspecified atom stereocenters. The second kappa shape index (κ2) is 7.66. The Kier molecular flexibility index (Phi) is 5.48. The molecule has 0 fully saturated rings. The molecule has 3 rings (SSSR count). The maximum atomic E-state index is 12.7. The maximum Gasteiger partial charge on any atom is 0.247 e. The smallest absolute Gasteiger partial charge is 0.247 e. The van der Waals surface area contributed by atoms with Crippen molar-refractivity contribution >= 4 is 38.9 Å². The lowest BCUT2D eigenvalue weighted by Gasteiger charge is -2.28. The number of sulfonamides is 1. The molecule has 7 nitrogen and oxygen atoms in total. The molecule has 2 aromatic carbocycles. The Morgan fingerprint density at radius 2 is 1.85 bits per heavy atom. The van der Waals surface area contributed by atoms with Crippen LogP contribution in [-0.4, -0.2) is 39.8 Å². The number of halogens is 1. The van der Waals surface area contributed by atoms with E-state index in [9.17, 15) is 13.2 Å². The molecule has 1 amide bonds. The van der Waals surface area contributed by atoms with Crippen LogP contribution in [0.1, 0.15) is 6.92 Å². The number of ether oxygens (including phenoxy) is 2. The minimum Gasteiger partial charge on any atom is -0.486 e. The third-order valence-corrected chi connectivity index (χ3v) is 5.44. The number of benzene rings is 2. The second-order valence-electron chi connectivity index (χ2n) is 6.06. The summed E-state index contributed by atoms with van der Waals surface area (Å²) >= 11 is 5.97. The molecule has 0 saturated carbocycles. The van der Waals surface area contributed by atoms with Gasteiger partial charge in [-0.05, 0) is 37.3 Å². The van der Waals surface area contributed by atoms with Gasteiger partial charge in [0.05, 0.1) is 11.9 Å². The van der Waals surface area contributed by atoms with Crippen molar-refractivity contribution < 1.29 is 22.7 Å². The molecule has 1 atom stereocenters. The van der Waals surface area contributed by atoms with Crippen LogP contribution in [0.3, 0.4) is 0 Å². The number of fused-ring (bicyclic) bond motifs is 1. The predicted octanol–water partition coefficient (Wildman–Crippen LogP) is 2.90. The highest BCUT2D eigenvalue weighted by molar-refractivity contribution is 7.92. The lowest BCUT2D eigenvalue weighted by atomic mass is 10.2. The van der Waals surface area contributed by atoms with Gasteiger partial charge < -0.3 is 14.8 Å². The van der Waals surface area contributed by atoms with Crippen molar-refractivity contribution in [1.29, 1.82) is 0 Å².